The van der Waals surface area contributed by atoms with Crippen LogP contribution in [-0.4, -0.2) is 18.5 Å². The number of rotatable bonds is 2. The lowest BCUT2D eigenvalue weighted by molar-refractivity contribution is 0.478. The minimum Gasteiger partial charge on any atom is -0.378 e. The molecular formula is C9H17N. The molecule has 10 heavy (non-hydrogen) atoms. The van der Waals surface area contributed by atoms with Crippen LogP contribution in [0.5, 0.6) is 0 Å². The number of nitrogens with zero attached hydrogens (tertiary/aromatic N) is 1. The summed E-state index contributed by atoms with van der Waals surface area (Å²) in [5, 5.41) is 0. The smallest absolute Gasteiger partial charge is 0.0175 e. The van der Waals surface area contributed by atoms with Crippen molar-refractivity contribution in [2.45, 2.75) is 32.6 Å². The molecule has 0 radical (unpaired) electrons. The zero-order chi connectivity index (χ0) is 7.40. The average Bonchev–Trinajstić information content (AvgIpc) is 2.31. The van der Waals surface area contributed by atoms with Crippen molar-refractivity contribution in [2.24, 2.45) is 0 Å². The molecule has 58 valence electrons. The van der Waals surface area contributed by atoms with Gasteiger partial charge in [-0.1, -0.05) is 19.4 Å². The summed E-state index contributed by atoms with van der Waals surface area (Å²) in [7, 11) is 2.19. The van der Waals surface area contributed by atoms with E-state index in [-0.39, 0.29) is 0 Å². The molecule has 0 aromatic heterocycles. The molecule has 0 N–H and O–H groups in total. The number of allylic oxidation sites excluding steroid dienone is 2. The fourth-order valence-electron chi connectivity index (χ4n) is 1.40. The molecule has 0 atom stereocenters. The third-order valence-electron chi connectivity index (χ3n) is 2.09. The van der Waals surface area contributed by atoms with Crippen LogP contribution in [0, 0.1) is 0 Å². The Balaban J connectivity index is 2.38. The number of unbranched alkanes of at least 4 members (excludes halogenated alkanes) is 1. The van der Waals surface area contributed by atoms with E-state index >= 15 is 0 Å². The molecule has 1 nitrogen and oxygen atoms in total. The van der Waals surface area contributed by atoms with Gasteiger partial charge in [0.1, 0.15) is 0 Å². The third kappa shape index (κ3) is 1.76. The summed E-state index contributed by atoms with van der Waals surface area (Å²) < 4.78 is 0. The molecule has 0 saturated carbocycles. The van der Waals surface area contributed by atoms with Gasteiger partial charge in [-0.25, -0.2) is 0 Å². The topological polar surface area (TPSA) is 3.24 Å². The SMILES string of the molecule is CCC/C=C1\CCCN1C. The highest BCUT2D eigenvalue weighted by molar-refractivity contribution is 5.04. The average molecular weight is 139 g/mol. The summed E-state index contributed by atoms with van der Waals surface area (Å²) in [6, 6.07) is 0. The first-order chi connectivity index (χ1) is 4.84. The first-order valence-electron chi connectivity index (χ1n) is 4.24. The molecule has 0 unspecified atom stereocenters. The van der Waals surface area contributed by atoms with Crippen molar-refractivity contribution in [3.8, 4) is 0 Å². The van der Waals surface area contributed by atoms with Gasteiger partial charge < -0.3 is 4.90 Å². The Morgan fingerprint density at radius 2 is 2.40 bits per heavy atom. The number of hydrogen-bond donors (Lipinski definition) is 0. The Morgan fingerprint density at radius 3 is 2.90 bits per heavy atom. The highest BCUT2D eigenvalue weighted by Gasteiger charge is 2.10. The second-order valence-electron chi connectivity index (χ2n) is 3.01. The second-order valence-corrected chi connectivity index (χ2v) is 3.01. The Labute approximate surface area is 63.7 Å². The molecule has 0 spiro atoms. The molecule has 0 amide bonds. The number of likely N-dealkylation sites (tertiary alicyclic amines) is 1. The van der Waals surface area contributed by atoms with Crippen LogP contribution >= 0.6 is 0 Å². The van der Waals surface area contributed by atoms with Gasteiger partial charge in [-0.3, -0.25) is 0 Å². The van der Waals surface area contributed by atoms with Gasteiger partial charge in [0.05, 0.1) is 0 Å². The van der Waals surface area contributed by atoms with Gasteiger partial charge >= 0.3 is 0 Å². The van der Waals surface area contributed by atoms with Gasteiger partial charge in [-0.05, 0) is 19.3 Å². The third-order valence-corrected chi connectivity index (χ3v) is 2.09. The first-order valence-corrected chi connectivity index (χ1v) is 4.24. The van der Waals surface area contributed by atoms with Crippen LogP contribution in [0.25, 0.3) is 0 Å². The minimum absolute atomic E-state index is 1.25. The van der Waals surface area contributed by atoms with Crippen LogP contribution in [0.1, 0.15) is 32.6 Å². The Morgan fingerprint density at radius 1 is 1.60 bits per heavy atom. The lowest BCUT2D eigenvalue weighted by atomic mass is 10.2. The standard InChI is InChI=1S/C9H17N/c1-3-4-6-9-7-5-8-10(9)2/h6H,3-5,7-8H2,1-2H3/b9-6+. The largest absolute Gasteiger partial charge is 0.378 e. The zero-order valence-corrected chi connectivity index (χ0v) is 7.06. The van der Waals surface area contributed by atoms with E-state index in [9.17, 15) is 0 Å². The van der Waals surface area contributed by atoms with Gasteiger partial charge in [-0.2, -0.15) is 0 Å². The van der Waals surface area contributed by atoms with Crippen molar-refractivity contribution in [2.75, 3.05) is 13.6 Å². The second kappa shape index (κ2) is 3.65. The van der Waals surface area contributed by atoms with Gasteiger partial charge in [-0.15, -0.1) is 0 Å². The quantitative estimate of drug-likeness (QED) is 0.568. The highest BCUT2D eigenvalue weighted by atomic mass is 15.1. The molecule has 1 aliphatic heterocycles. The van der Waals surface area contributed by atoms with Gasteiger partial charge in [0.25, 0.3) is 0 Å². The van der Waals surface area contributed by atoms with Crippen LogP contribution < -0.4 is 0 Å². The van der Waals surface area contributed by atoms with E-state index in [1.54, 1.807) is 5.70 Å². The molecule has 0 aromatic carbocycles. The maximum Gasteiger partial charge on any atom is 0.0175 e. The summed E-state index contributed by atoms with van der Waals surface area (Å²) in [4.78, 5) is 2.37. The van der Waals surface area contributed by atoms with Crippen molar-refractivity contribution in [1.29, 1.82) is 0 Å². The van der Waals surface area contributed by atoms with Crippen molar-refractivity contribution < 1.29 is 0 Å². The maximum atomic E-state index is 2.38. The van der Waals surface area contributed by atoms with E-state index in [0.717, 1.165) is 0 Å². The minimum atomic E-state index is 1.25. The monoisotopic (exact) mass is 139 g/mol. The van der Waals surface area contributed by atoms with Crippen LogP contribution in [0.4, 0.5) is 0 Å². The fraction of sp³-hybridized carbons (Fsp3) is 0.778. The summed E-state index contributed by atoms with van der Waals surface area (Å²) >= 11 is 0. The van der Waals surface area contributed by atoms with Gasteiger partial charge in [0, 0.05) is 19.3 Å². The normalized spacial score (nSPS) is 22.6. The molecule has 0 bridgehead atoms. The summed E-state index contributed by atoms with van der Waals surface area (Å²) in [6.45, 7) is 3.49. The Bertz CT molecular complexity index is 127. The van der Waals surface area contributed by atoms with E-state index in [2.05, 4.69) is 24.9 Å². The molecule has 1 heteroatoms. The molecular weight excluding hydrogens is 122 g/mol. The fourth-order valence-corrected chi connectivity index (χ4v) is 1.40. The molecule has 1 saturated heterocycles. The lowest BCUT2D eigenvalue weighted by Crippen LogP contribution is -2.09. The summed E-state index contributed by atoms with van der Waals surface area (Å²) in [5.41, 5.74) is 1.56. The predicted molar refractivity (Wildman–Crippen MR) is 44.9 cm³/mol. The van der Waals surface area contributed by atoms with Gasteiger partial charge in [0.2, 0.25) is 0 Å². The van der Waals surface area contributed by atoms with Crippen LogP contribution in [0.2, 0.25) is 0 Å². The van der Waals surface area contributed by atoms with Crippen molar-refractivity contribution in [3.63, 3.8) is 0 Å². The Hall–Kier alpha value is -0.460. The van der Waals surface area contributed by atoms with Gasteiger partial charge in [0.15, 0.2) is 0 Å². The van der Waals surface area contributed by atoms with Crippen LogP contribution in [0.15, 0.2) is 11.8 Å². The molecule has 1 fully saturated rings. The van der Waals surface area contributed by atoms with Crippen LogP contribution in [0.3, 0.4) is 0 Å². The molecule has 1 rings (SSSR count). The Kier molecular flexibility index (Phi) is 2.79. The molecule has 0 aromatic rings. The summed E-state index contributed by atoms with van der Waals surface area (Å²) in [5.74, 6) is 0. The number of hydrogen-bond acceptors (Lipinski definition) is 1. The van der Waals surface area contributed by atoms with E-state index in [4.69, 9.17) is 0 Å². The highest BCUT2D eigenvalue weighted by Crippen LogP contribution is 2.18. The van der Waals surface area contributed by atoms with Crippen molar-refractivity contribution >= 4 is 0 Å². The zero-order valence-electron chi connectivity index (χ0n) is 7.06. The van der Waals surface area contributed by atoms with Crippen LogP contribution in [-0.2, 0) is 0 Å². The van der Waals surface area contributed by atoms with Crippen molar-refractivity contribution in [3.05, 3.63) is 11.8 Å². The van der Waals surface area contributed by atoms with E-state index in [1.807, 2.05) is 0 Å². The predicted octanol–water partition coefficient (Wildman–Crippen LogP) is 2.40. The van der Waals surface area contributed by atoms with Crippen molar-refractivity contribution in [1.82, 2.24) is 4.90 Å². The van der Waals surface area contributed by atoms with E-state index in [1.165, 1.54) is 32.2 Å². The summed E-state index contributed by atoms with van der Waals surface area (Å²) in [6.07, 6.45) is 7.56. The molecule has 1 heterocycles. The molecule has 1 aliphatic rings. The lowest BCUT2D eigenvalue weighted by Gasteiger charge is -2.11. The van der Waals surface area contributed by atoms with E-state index in [0.29, 0.717) is 0 Å². The maximum absolute atomic E-state index is 2.38. The molecule has 0 aliphatic carbocycles. The van der Waals surface area contributed by atoms with E-state index < -0.39 is 0 Å². The first kappa shape index (κ1) is 7.64.